The number of esters is 1. The highest BCUT2D eigenvalue weighted by Crippen LogP contribution is 2.20. The molecule has 3 atom stereocenters. The van der Waals surface area contributed by atoms with Gasteiger partial charge in [0.1, 0.15) is 6.04 Å². The molecule has 1 heterocycles. The largest absolute Gasteiger partial charge is 0.465 e. The third kappa shape index (κ3) is 7.18. The lowest BCUT2D eigenvalue weighted by atomic mass is 9.93. The van der Waals surface area contributed by atoms with Gasteiger partial charge in [-0.25, -0.2) is 0 Å². The highest BCUT2D eigenvalue weighted by Gasteiger charge is 2.29. The Kier molecular flexibility index (Phi) is 8.16. The van der Waals surface area contributed by atoms with Gasteiger partial charge in [-0.1, -0.05) is 34.6 Å². The number of nitrogens with two attached hydrogens (primary N) is 1. The van der Waals surface area contributed by atoms with Crippen LogP contribution in [0.1, 0.15) is 53.9 Å². The van der Waals surface area contributed by atoms with Crippen LogP contribution in [0.3, 0.4) is 0 Å². The zero-order valence-corrected chi connectivity index (χ0v) is 15.8. The Hall–Kier alpha value is -1.14. The van der Waals surface area contributed by atoms with Gasteiger partial charge in [-0.3, -0.25) is 9.59 Å². The van der Waals surface area contributed by atoms with Gasteiger partial charge in [0.15, 0.2) is 0 Å². The lowest BCUT2D eigenvalue weighted by Crippen LogP contribution is -2.47. The van der Waals surface area contributed by atoms with Gasteiger partial charge in [-0.05, 0) is 24.2 Å². The summed E-state index contributed by atoms with van der Waals surface area (Å²) >= 11 is 0. The molecule has 0 radical (unpaired) electrons. The fourth-order valence-corrected chi connectivity index (χ4v) is 2.66. The molecule has 0 aromatic carbocycles. The van der Waals surface area contributed by atoms with Crippen LogP contribution in [-0.4, -0.2) is 55.2 Å². The molecule has 0 bridgehead atoms. The summed E-state index contributed by atoms with van der Waals surface area (Å²) < 4.78 is 11.0. The maximum Gasteiger partial charge on any atom is 0.323 e. The van der Waals surface area contributed by atoms with Crippen LogP contribution in [0.2, 0.25) is 0 Å². The summed E-state index contributed by atoms with van der Waals surface area (Å²) in [7, 11) is 0. The van der Waals surface area contributed by atoms with Crippen molar-refractivity contribution < 1.29 is 19.1 Å². The SMILES string of the molecule is CCC(=O)N1CCOC(CC(C)[C@H](N)C(=O)OCCC(C)(C)C)C1. The van der Waals surface area contributed by atoms with E-state index in [1.807, 2.05) is 18.7 Å². The van der Waals surface area contributed by atoms with Gasteiger partial charge in [0, 0.05) is 19.5 Å². The minimum atomic E-state index is -0.661. The van der Waals surface area contributed by atoms with Crippen LogP contribution >= 0.6 is 0 Å². The van der Waals surface area contributed by atoms with Crippen LogP contribution in [0.25, 0.3) is 0 Å². The topological polar surface area (TPSA) is 81.9 Å². The molecule has 1 amide bonds. The average Bonchev–Trinajstić information content (AvgIpc) is 2.52. The molecule has 1 saturated heterocycles. The van der Waals surface area contributed by atoms with Gasteiger partial charge in [0.2, 0.25) is 5.91 Å². The fraction of sp³-hybridized carbons (Fsp3) is 0.889. The molecule has 1 fully saturated rings. The van der Waals surface area contributed by atoms with Gasteiger partial charge in [-0.2, -0.15) is 0 Å². The van der Waals surface area contributed by atoms with Crippen molar-refractivity contribution in [2.45, 2.75) is 66.0 Å². The van der Waals surface area contributed by atoms with Gasteiger partial charge in [-0.15, -0.1) is 0 Å². The number of amides is 1. The van der Waals surface area contributed by atoms with Crippen molar-refractivity contribution in [3.05, 3.63) is 0 Å². The summed E-state index contributed by atoms with van der Waals surface area (Å²) in [6, 6.07) is -0.661. The van der Waals surface area contributed by atoms with E-state index in [0.717, 1.165) is 6.42 Å². The van der Waals surface area contributed by atoms with E-state index in [4.69, 9.17) is 15.2 Å². The summed E-state index contributed by atoms with van der Waals surface area (Å²) in [4.78, 5) is 25.7. The Balaban J connectivity index is 2.41. The Morgan fingerprint density at radius 1 is 1.38 bits per heavy atom. The Morgan fingerprint density at radius 3 is 2.62 bits per heavy atom. The molecule has 2 unspecified atom stereocenters. The van der Waals surface area contributed by atoms with Gasteiger partial charge >= 0.3 is 5.97 Å². The number of hydrogen-bond acceptors (Lipinski definition) is 5. The number of rotatable bonds is 7. The molecule has 6 heteroatoms. The number of carbonyl (C=O) groups is 2. The van der Waals surface area contributed by atoms with E-state index in [-0.39, 0.29) is 29.3 Å². The highest BCUT2D eigenvalue weighted by atomic mass is 16.5. The predicted molar refractivity (Wildman–Crippen MR) is 93.4 cm³/mol. The van der Waals surface area contributed by atoms with E-state index in [9.17, 15) is 9.59 Å². The summed E-state index contributed by atoms with van der Waals surface area (Å²) in [5, 5.41) is 0. The van der Waals surface area contributed by atoms with E-state index >= 15 is 0 Å². The molecule has 0 aromatic heterocycles. The third-order valence-electron chi connectivity index (χ3n) is 4.41. The molecule has 1 aliphatic rings. The van der Waals surface area contributed by atoms with Crippen molar-refractivity contribution in [1.29, 1.82) is 0 Å². The highest BCUT2D eigenvalue weighted by molar-refractivity contribution is 5.76. The van der Waals surface area contributed by atoms with Crippen molar-refractivity contribution in [2.75, 3.05) is 26.3 Å². The van der Waals surface area contributed by atoms with Crippen LogP contribution in [-0.2, 0) is 19.1 Å². The van der Waals surface area contributed by atoms with E-state index in [1.165, 1.54) is 0 Å². The first-order valence-corrected chi connectivity index (χ1v) is 8.95. The van der Waals surface area contributed by atoms with Crippen molar-refractivity contribution in [1.82, 2.24) is 4.90 Å². The number of ether oxygens (including phenoxy) is 2. The smallest absolute Gasteiger partial charge is 0.323 e. The molecular weight excluding hydrogens is 308 g/mol. The van der Waals surface area contributed by atoms with Crippen LogP contribution in [0.15, 0.2) is 0 Å². The number of nitrogens with zero attached hydrogens (tertiary/aromatic N) is 1. The fourth-order valence-electron chi connectivity index (χ4n) is 2.66. The second-order valence-corrected chi connectivity index (χ2v) is 7.90. The minimum Gasteiger partial charge on any atom is -0.465 e. The molecule has 0 aromatic rings. The maximum absolute atomic E-state index is 12.1. The number of morpholine rings is 1. The average molecular weight is 342 g/mol. The van der Waals surface area contributed by atoms with E-state index in [2.05, 4.69) is 20.8 Å². The minimum absolute atomic E-state index is 0.0613. The zero-order chi connectivity index (χ0) is 18.3. The molecule has 0 aliphatic carbocycles. The van der Waals surface area contributed by atoms with Crippen LogP contribution in [0, 0.1) is 11.3 Å². The van der Waals surface area contributed by atoms with Crippen molar-refractivity contribution >= 4 is 11.9 Å². The first kappa shape index (κ1) is 20.9. The summed E-state index contributed by atoms with van der Waals surface area (Å²) in [6.45, 7) is 12.2. The van der Waals surface area contributed by atoms with Crippen molar-refractivity contribution in [2.24, 2.45) is 17.1 Å². The predicted octanol–water partition coefficient (Wildman–Crippen LogP) is 1.96. The van der Waals surface area contributed by atoms with Gasteiger partial charge in [0.05, 0.1) is 19.3 Å². The molecule has 0 spiro atoms. The second-order valence-electron chi connectivity index (χ2n) is 7.90. The summed E-state index contributed by atoms with van der Waals surface area (Å²) in [5.74, 6) is -0.278. The standard InChI is InChI=1S/C18H34N2O4/c1-6-15(21)20-8-10-23-14(12-20)11-13(2)16(19)17(22)24-9-7-18(3,4)5/h13-14,16H,6-12,19H2,1-5H3/t13?,14?,16-/m0/s1. The van der Waals surface area contributed by atoms with E-state index in [1.54, 1.807) is 0 Å². The van der Waals surface area contributed by atoms with Crippen LogP contribution < -0.4 is 5.73 Å². The third-order valence-corrected chi connectivity index (χ3v) is 4.41. The first-order chi connectivity index (χ1) is 11.1. The van der Waals surface area contributed by atoms with Crippen LogP contribution in [0.4, 0.5) is 0 Å². The van der Waals surface area contributed by atoms with Crippen molar-refractivity contribution in [3.63, 3.8) is 0 Å². The van der Waals surface area contributed by atoms with E-state index in [0.29, 0.717) is 39.1 Å². The first-order valence-electron chi connectivity index (χ1n) is 8.95. The molecule has 140 valence electrons. The lowest BCUT2D eigenvalue weighted by molar-refractivity contribution is -0.148. The monoisotopic (exact) mass is 342 g/mol. The zero-order valence-electron chi connectivity index (χ0n) is 15.8. The van der Waals surface area contributed by atoms with Gasteiger partial charge < -0.3 is 20.1 Å². The lowest BCUT2D eigenvalue weighted by Gasteiger charge is -2.34. The van der Waals surface area contributed by atoms with E-state index < -0.39 is 6.04 Å². The molecule has 1 aliphatic heterocycles. The molecule has 0 saturated carbocycles. The molecular formula is C18H34N2O4. The Morgan fingerprint density at radius 2 is 2.04 bits per heavy atom. The molecule has 2 N–H and O–H groups in total. The Labute approximate surface area is 146 Å². The quantitative estimate of drug-likeness (QED) is 0.715. The second kappa shape index (κ2) is 9.37. The van der Waals surface area contributed by atoms with Gasteiger partial charge in [0.25, 0.3) is 0 Å². The Bertz CT molecular complexity index is 420. The number of hydrogen-bond donors (Lipinski definition) is 1. The molecule has 24 heavy (non-hydrogen) atoms. The molecule has 6 nitrogen and oxygen atoms in total. The van der Waals surface area contributed by atoms with Crippen molar-refractivity contribution in [3.8, 4) is 0 Å². The van der Waals surface area contributed by atoms with Crippen LogP contribution in [0.5, 0.6) is 0 Å². The molecule has 1 rings (SSSR count). The normalized spacial score (nSPS) is 21.2. The number of carbonyl (C=O) groups excluding carboxylic acids is 2. The summed E-state index contributed by atoms with van der Waals surface area (Å²) in [6.07, 6.45) is 1.88. The summed E-state index contributed by atoms with van der Waals surface area (Å²) in [5.41, 5.74) is 6.16. The maximum atomic E-state index is 12.1.